The van der Waals surface area contributed by atoms with E-state index in [9.17, 15) is 17.6 Å². The zero-order valence-corrected chi connectivity index (χ0v) is 14.3. The summed E-state index contributed by atoms with van der Waals surface area (Å²) in [6, 6.07) is 11.0. The number of benzene rings is 2. The van der Waals surface area contributed by atoms with Crippen molar-refractivity contribution in [3.8, 4) is 12.3 Å². The van der Waals surface area contributed by atoms with E-state index in [2.05, 4.69) is 16.0 Å². The third kappa shape index (κ3) is 4.89. The van der Waals surface area contributed by atoms with Crippen molar-refractivity contribution in [3.05, 3.63) is 65.5 Å². The summed E-state index contributed by atoms with van der Waals surface area (Å²) in [5.74, 6) is 1.47. The highest BCUT2D eigenvalue weighted by Gasteiger charge is 2.15. The summed E-state index contributed by atoms with van der Waals surface area (Å²) < 4.78 is 39.0. The summed E-state index contributed by atoms with van der Waals surface area (Å²) in [6.07, 6.45) is 5.03. The van der Waals surface area contributed by atoms with E-state index in [0.29, 0.717) is 5.56 Å². The summed E-state index contributed by atoms with van der Waals surface area (Å²) in [7, 11) is -3.69. The standard InChI is InChI=1S/C18H17FN2O3S/c1-3-12-20-25(23,24)17-10-6-15(7-11-17)18(22)21-13(2)14-4-8-16(19)9-5-14/h1,4-11,13,20H,12H2,2H3,(H,21,22). The van der Waals surface area contributed by atoms with Crippen molar-refractivity contribution in [3.63, 3.8) is 0 Å². The molecule has 25 heavy (non-hydrogen) atoms. The highest BCUT2D eigenvalue weighted by Crippen LogP contribution is 2.15. The quantitative estimate of drug-likeness (QED) is 0.776. The van der Waals surface area contributed by atoms with E-state index >= 15 is 0 Å². The molecule has 0 aromatic heterocycles. The summed E-state index contributed by atoms with van der Waals surface area (Å²) in [4.78, 5) is 12.3. The Hall–Kier alpha value is -2.69. The van der Waals surface area contributed by atoms with Gasteiger partial charge in [0.05, 0.1) is 17.5 Å². The van der Waals surface area contributed by atoms with Crippen LogP contribution in [0.2, 0.25) is 0 Å². The van der Waals surface area contributed by atoms with Crippen molar-refractivity contribution in [2.24, 2.45) is 0 Å². The van der Waals surface area contributed by atoms with Crippen molar-refractivity contribution in [2.75, 3.05) is 6.54 Å². The number of carbonyl (C=O) groups is 1. The molecule has 0 radical (unpaired) electrons. The molecule has 1 unspecified atom stereocenters. The van der Waals surface area contributed by atoms with Crippen molar-refractivity contribution in [2.45, 2.75) is 17.9 Å². The molecule has 0 aliphatic heterocycles. The fourth-order valence-corrected chi connectivity index (χ4v) is 3.05. The van der Waals surface area contributed by atoms with Crippen LogP contribution in [0, 0.1) is 18.2 Å². The van der Waals surface area contributed by atoms with Crippen LogP contribution in [0.15, 0.2) is 53.4 Å². The Kier molecular flexibility index (Phi) is 5.91. The predicted octanol–water partition coefficient (Wildman–Crippen LogP) is 2.23. The number of amides is 1. The maximum Gasteiger partial charge on any atom is 0.251 e. The largest absolute Gasteiger partial charge is 0.346 e. The number of carbonyl (C=O) groups excluding carboxylic acids is 1. The van der Waals surface area contributed by atoms with Gasteiger partial charge in [-0.1, -0.05) is 18.1 Å². The molecule has 2 N–H and O–H groups in total. The Morgan fingerprint density at radius 1 is 1.16 bits per heavy atom. The molecule has 0 bridgehead atoms. The molecule has 0 saturated heterocycles. The molecule has 0 heterocycles. The summed E-state index contributed by atoms with van der Waals surface area (Å²) in [5, 5.41) is 2.77. The molecule has 5 nitrogen and oxygen atoms in total. The van der Waals surface area contributed by atoms with Gasteiger partial charge in [-0.15, -0.1) is 6.42 Å². The van der Waals surface area contributed by atoms with Crippen LogP contribution in [0.5, 0.6) is 0 Å². The maximum absolute atomic E-state index is 12.9. The normalized spacial score (nSPS) is 12.2. The van der Waals surface area contributed by atoms with Crippen LogP contribution in [0.3, 0.4) is 0 Å². The SMILES string of the molecule is C#CCNS(=O)(=O)c1ccc(C(=O)NC(C)c2ccc(F)cc2)cc1. The van der Waals surface area contributed by atoms with Crippen LogP contribution >= 0.6 is 0 Å². The lowest BCUT2D eigenvalue weighted by molar-refractivity contribution is 0.0940. The number of nitrogens with one attached hydrogen (secondary N) is 2. The molecule has 1 atom stereocenters. The van der Waals surface area contributed by atoms with Gasteiger partial charge in [0.15, 0.2) is 0 Å². The van der Waals surface area contributed by atoms with E-state index in [-0.39, 0.29) is 29.2 Å². The topological polar surface area (TPSA) is 75.3 Å². The van der Waals surface area contributed by atoms with Crippen LogP contribution in [-0.4, -0.2) is 20.9 Å². The number of terminal acetylenes is 1. The third-order valence-electron chi connectivity index (χ3n) is 3.51. The van der Waals surface area contributed by atoms with Gasteiger partial charge in [-0.25, -0.2) is 12.8 Å². The first kappa shape index (κ1) is 18.6. The molecule has 0 spiro atoms. The summed E-state index contributed by atoms with van der Waals surface area (Å²) in [5.41, 5.74) is 1.07. The molecule has 1 amide bonds. The van der Waals surface area contributed by atoms with Crippen molar-refractivity contribution in [1.82, 2.24) is 10.0 Å². The fourth-order valence-electron chi connectivity index (χ4n) is 2.12. The minimum Gasteiger partial charge on any atom is -0.346 e. The second-order valence-corrected chi connectivity index (χ2v) is 7.07. The van der Waals surface area contributed by atoms with Gasteiger partial charge in [0.2, 0.25) is 10.0 Å². The number of sulfonamides is 1. The maximum atomic E-state index is 12.9. The Balaban J connectivity index is 2.07. The first-order chi connectivity index (χ1) is 11.8. The molecule has 7 heteroatoms. The lowest BCUT2D eigenvalue weighted by Crippen LogP contribution is -2.27. The molecule has 2 aromatic rings. The lowest BCUT2D eigenvalue weighted by Gasteiger charge is -2.14. The van der Waals surface area contributed by atoms with E-state index in [1.807, 2.05) is 0 Å². The van der Waals surface area contributed by atoms with Crippen LogP contribution in [0.4, 0.5) is 4.39 Å². The Labute approximate surface area is 146 Å². The van der Waals surface area contributed by atoms with Gasteiger partial charge in [-0.2, -0.15) is 4.72 Å². The average Bonchev–Trinajstić information content (AvgIpc) is 2.60. The van der Waals surface area contributed by atoms with Gasteiger partial charge >= 0.3 is 0 Å². The molecule has 2 aromatic carbocycles. The van der Waals surface area contributed by atoms with Crippen LogP contribution in [0.1, 0.15) is 28.9 Å². The van der Waals surface area contributed by atoms with Crippen LogP contribution in [0.25, 0.3) is 0 Å². The van der Waals surface area contributed by atoms with E-state index in [0.717, 1.165) is 5.56 Å². The minimum absolute atomic E-state index is 0.0193. The molecule has 2 rings (SSSR count). The van der Waals surface area contributed by atoms with Crippen molar-refractivity contribution >= 4 is 15.9 Å². The Bertz CT molecular complexity index is 885. The van der Waals surface area contributed by atoms with E-state index in [1.54, 1.807) is 19.1 Å². The second-order valence-electron chi connectivity index (χ2n) is 5.30. The van der Waals surface area contributed by atoms with E-state index < -0.39 is 10.0 Å². The Morgan fingerprint density at radius 3 is 2.32 bits per heavy atom. The number of halogens is 1. The van der Waals surface area contributed by atoms with Gasteiger partial charge in [-0.3, -0.25) is 4.79 Å². The first-order valence-electron chi connectivity index (χ1n) is 7.43. The zero-order valence-electron chi connectivity index (χ0n) is 13.5. The zero-order chi connectivity index (χ0) is 18.4. The Morgan fingerprint density at radius 2 is 1.76 bits per heavy atom. The van der Waals surface area contributed by atoms with E-state index in [4.69, 9.17) is 6.42 Å². The second kappa shape index (κ2) is 7.92. The van der Waals surface area contributed by atoms with Crippen LogP contribution < -0.4 is 10.0 Å². The number of hydrogen-bond acceptors (Lipinski definition) is 3. The first-order valence-corrected chi connectivity index (χ1v) is 8.91. The molecular formula is C18H17FN2O3S. The van der Waals surface area contributed by atoms with Crippen molar-refractivity contribution < 1.29 is 17.6 Å². The smallest absolute Gasteiger partial charge is 0.251 e. The number of rotatable bonds is 6. The van der Waals surface area contributed by atoms with Gasteiger partial charge in [-0.05, 0) is 48.9 Å². The highest BCUT2D eigenvalue weighted by molar-refractivity contribution is 7.89. The third-order valence-corrected chi connectivity index (χ3v) is 4.93. The van der Waals surface area contributed by atoms with Crippen LogP contribution in [-0.2, 0) is 10.0 Å². The van der Waals surface area contributed by atoms with Gasteiger partial charge in [0, 0.05) is 5.56 Å². The van der Waals surface area contributed by atoms with Gasteiger partial charge in [0.1, 0.15) is 5.82 Å². The molecule has 0 fully saturated rings. The fraction of sp³-hybridized carbons (Fsp3) is 0.167. The molecule has 0 saturated carbocycles. The average molecular weight is 360 g/mol. The molecule has 0 aliphatic rings. The van der Waals surface area contributed by atoms with E-state index in [1.165, 1.54) is 36.4 Å². The minimum atomic E-state index is -3.69. The molecule has 0 aliphatic carbocycles. The monoisotopic (exact) mass is 360 g/mol. The molecule has 130 valence electrons. The van der Waals surface area contributed by atoms with Gasteiger partial charge in [0.25, 0.3) is 5.91 Å². The van der Waals surface area contributed by atoms with Crippen molar-refractivity contribution in [1.29, 1.82) is 0 Å². The highest BCUT2D eigenvalue weighted by atomic mass is 32.2. The summed E-state index contributed by atoms with van der Waals surface area (Å²) >= 11 is 0. The lowest BCUT2D eigenvalue weighted by atomic mass is 10.1. The van der Waals surface area contributed by atoms with Gasteiger partial charge < -0.3 is 5.32 Å². The predicted molar refractivity (Wildman–Crippen MR) is 92.7 cm³/mol. The summed E-state index contributed by atoms with van der Waals surface area (Å²) in [6.45, 7) is 1.66. The molecular weight excluding hydrogens is 343 g/mol. The number of hydrogen-bond donors (Lipinski definition) is 2.